The van der Waals surface area contributed by atoms with Gasteiger partial charge in [0.25, 0.3) is 0 Å². The van der Waals surface area contributed by atoms with E-state index in [4.69, 9.17) is 17.3 Å². The van der Waals surface area contributed by atoms with Crippen molar-refractivity contribution in [1.29, 1.82) is 0 Å². The minimum Gasteiger partial charge on any atom is -0.366 e. The second-order valence-corrected chi connectivity index (χ2v) is 2.40. The first-order valence-corrected chi connectivity index (χ1v) is 3.93. The lowest BCUT2D eigenvalue weighted by Gasteiger charge is -1.96. The molecule has 0 radical (unpaired) electrons. The third kappa shape index (κ3) is 4.62. The van der Waals surface area contributed by atoms with Crippen LogP contribution >= 0.6 is 11.6 Å². The van der Waals surface area contributed by atoms with Gasteiger partial charge in [-0.15, -0.1) is 11.6 Å². The van der Waals surface area contributed by atoms with Gasteiger partial charge >= 0.3 is 0 Å². The predicted molar refractivity (Wildman–Crippen MR) is 47.4 cm³/mol. The van der Waals surface area contributed by atoms with Crippen LogP contribution in [-0.4, -0.2) is 11.8 Å². The van der Waals surface area contributed by atoms with E-state index in [9.17, 15) is 4.79 Å². The number of carbonyl (C=O) groups is 1. The van der Waals surface area contributed by atoms with Crippen molar-refractivity contribution >= 4 is 17.5 Å². The van der Waals surface area contributed by atoms with Crippen molar-refractivity contribution in [1.82, 2.24) is 0 Å². The highest BCUT2D eigenvalue weighted by molar-refractivity contribution is 6.18. The minimum absolute atomic E-state index is 0.399. The molecule has 2 nitrogen and oxygen atoms in total. The Hall–Kier alpha value is -0.760. The Labute approximate surface area is 71.7 Å². The Morgan fingerprint density at radius 2 is 2.27 bits per heavy atom. The fourth-order valence-electron chi connectivity index (χ4n) is 0.603. The number of hydrogen-bond acceptors (Lipinski definition) is 1. The molecule has 0 aliphatic heterocycles. The molecule has 0 heterocycles. The van der Waals surface area contributed by atoms with E-state index in [1.54, 1.807) is 12.2 Å². The van der Waals surface area contributed by atoms with Crippen molar-refractivity contribution in [2.45, 2.75) is 13.3 Å². The minimum atomic E-state index is -0.399. The highest BCUT2D eigenvalue weighted by Gasteiger charge is 2.00. The van der Waals surface area contributed by atoms with Crippen LogP contribution in [0.25, 0.3) is 0 Å². The van der Waals surface area contributed by atoms with Gasteiger partial charge in [-0.1, -0.05) is 18.2 Å². The molecule has 0 rings (SSSR count). The maximum atomic E-state index is 10.7. The van der Waals surface area contributed by atoms with Crippen molar-refractivity contribution < 1.29 is 4.79 Å². The molecule has 0 fully saturated rings. The van der Waals surface area contributed by atoms with Gasteiger partial charge in [0.05, 0.1) is 0 Å². The molecule has 0 saturated carbocycles. The number of rotatable bonds is 4. The molecule has 0 unspecified atom stereocenters. The fraction of sp³-hybridized carbons (Fsp3) is 0.375. The average Bonchev–Trinajstić information content (AvgIpc) is 1.97. The Morgan fingerprint density at radius 3 is 2.64 bits per heavy atom. The molecule has 1 amide bonds. The number of halogens is 1. The van der Waals surface area contributed by atoms with Crippen molar-refractivity contribution in [3.8, 4) is 0 Å². The first kappa shape index (κ1) is 10.2. The van der Waals surface area contributed by atoms with Crippen LogP contribution in [-0.2, 0) is 4.79 Å². The second kappa shape index (κ2) is 5.98. The largest absolute Gasteiger partial charge is 0.366 e. The van der Waals surface area contributed by atoms with Crippen LogP contribution in [0.15, 0.2) is 23.8 Å². The molecule has 0 aliphatic rings. The summed E-state index contributed by atoms with van der Waals surface area (Å²) in [6.45, 7) is 1.87. The van der Waals surface area contributed by atoms with Crippen LogP contribution in [0.1, 0.15) is 13.3 Å². The first-order valence-electron chi connectivity index (χ1n) is 3.40. The van der Waals surface area contributed by atoms with E-state index >= 15 is 0 Å². The summed E-state index contributed by atoms with van der Waals surface area (Å²) in [5, 5.41) is 0. The predicted octanol–water partition coefficient (Wildman–Crippen LogP) is 1.60. The maximum absolute atomic E-state index is 10.7. The molecule has 0 aliphatic carbocycles. The molecule has 0 aromatic carbocycles. The molecule has 0 bridgehead atoms. The quantitative estimate of drug-likeness (QED) is 0.392. The van der Waals surface area contributed by atoms with Crippen molar-refractivity contribution in [2.24, 2.45) is 5.73 Å². The van der Waals surface area contributed by atoms with Gasteiger partial charge in [0.2, 0.25) is 5.91 Å². The van der Waals surface area contributed by atoms with Crippen molar-refractivity contribution in [2.75, 3.05) is 5.88 Å². The van der Waals surface area contributed by atoms with Gasteiger partial charge < -0.3 is 5.73 Å². The van der Waals surface area contributed by atoms with Gasteiger partial charge in [0, 0.05) is 11.5 Å². The van der Waals surface area contributed by atoms with Crippen molar-refractivity contribution in [3.63, 3.8) is 0 Å². The van der Waals surface area contributed by atoms with Crippen LogP contribution in [0.4, 0.5) is 0 Å². The van der Waals surface area contributed by atoms with Crippen LogP contribution in [0.3, 0.4) is 0 Å². The molecule has 0 aromatic heterocycles. The molecular weight excluding hydrogens is 162 g/mol. The normalized spacial score (nSPS) is 12.4. The van der Waals surface area contributed by atoms with E-state index in [1.165, 1.54) is 0 Å². The topological polar surface area (TPSA) is 43.1 Å². The number of carbonyl (C=O) groups excluding carboxylic acids is 1. The Morgan fingerprint density at radius 1 is 1.64 bits per heavy atom. The summed E-state index contributed by atoms with van der Waals surface area (Å²) < 4.78 is 0. The highest BCUT2D eigenvalue weighted by atomic mass is 35.5. The van der Waals surface area contributed by atoms with E-state index < -0.39 is 5.91 Å². The molecular formula is C8H12ClNO. The molecule has 11 heavy (non-hydrogen) atoms. The highest BCUT2D eigenvalue weighted by Crippen LogP contribution is 2.01. The van der Waals surface area contributed by atoms with E-state index in [0.29, 0.717) is 17.9 Å². The van der Waals surface area contributed by atoms with Gasteiger partial charge in [-0.2, -0.15) is 0 Å². The zero-order valence-corrected chi connectivity index (χ0v) is 7.27. The molecule has 0 spiro atoms. The molecule has 3 heteroatoms. The summed E-state index contributed by atoms with van der Waals surface area (Å²) >= 11 is 5.45. The second-order valence-electron chi connectivity index (χ2n) is 2.02. The summed E-state index contributed by atoms with van der Waals surface area (Å²) in [7, 11) is 0. The Balaban J connectivity index is 4.20. The van der Waals surface area contributed by atoms with Crippen molar-refractivity contribution in [3.05, 3.63) is 23.8 Å². The molecule has 0 saturated heterocycles. The van der Waals surface area contributed by atoms with E-state index in [-0.39, 0.29) is 0 Å². The number of nitrogens with two attached hydrogens (primary N) is 1. The molecule has 62 valence electrons. The first-order chi connectivity index (χ1) is 5.22. The number of amides is 1. The van der Waals surface area contributed by atoms with Crippen LogP contribution in [0.2, 0.25) is 0 Å². The summed E-state index contributed by atoms with van der Waals surface area (Å²) in [4.78, 5) is 10.7. The van der Waals surface area contributed by atoms with Crippen LogP contribution < -0.4 is 5.73 Å². The van der Waals surface area contributed by atoms with Gasteiger partial charge in [-0.25, -0.2) is 0 Å². The lowest BCUT2D eigenvalue weighted by molar-refractivity contribution is -0.114. The van der Waals surface area contributed by atoms with E-state index in [1.807, 2.05) is 13.0 Å². The van der Waals surface area contributed by atoms with Gasteiger partial charge in [-0.05, 0) is 13.3 Å². The smallest absolute Gasteiger partial charge is 0.244 e. The summed E-state index contributed by atoms with van der Waals surface area (Å²) in [6.07, 6.45) is 5.82. The monoisotopic (exact) mass is 173 g/mol. The zero-order valence-electron chi connectivity index (χ0n) is 6.51. The fourth-order valence-corrected chi connectivity index (χ4v) is 0.806. The van der Waals surface area contributed by atoms with E-state index in [0.717, 1.165) is 0 Å². The molecule has 0 aromatic rings. The third-order valence-electron chi connectivity index (χ3n) is 1.17. The Bertz CT molecular complexity index is 185. The number of primary amides is 1. The zero-order chi connectivity index (χ0) is 8.69. The van der Waals surface area contributed by atoms with Crippen LogP contribution in [0, 0.1) is 0 Å². The average molecular weight is 174 g/mol. The van der Waals surface area contributed by atoms with Gasteiger partial charge in [0.1, 0.15) is 0 Å². The maximum Gasteiger partial charge on any atom is 0.244 e. The Kier molecular flexibility index (Phi) is 5.57. The third-order valence-corrected chi connectivity index (χ3v) is 1.36. The lowest BCUT2D eigenvalue weighted by atomic mass is 10.2. The summed E-state index contributed by atoms with van der Waals surface area (Å²) in [5.41, 5.74) is 5.63. The molecule has 0 atom stereocenters. The van der Waals surface area contributed by atoms with Gasteiger partial charge in [-0.3, -0.25) is 4.79 Å². The lowest BCUT2D eigenvalue weighted by Crippen LogP contribution is -2.14. The number of hydrogen-bond donors (Lipinski definition) is 1. The number of allylic oxidation sites excluding steroid dienone is 3. The summed E-state index contributed by atoms with van der Waals surface area (Å²) in [5.74, 6) is 0.0236. The molecule has 2 N–H and O–H groups in total. The van der Waals surface area contributed by atoms with Crippen LogP contribution in [0.5, 0.6) is 0 Å². The van der Waals surface area contributed by atoms with E-state index in [2.05, 4.69) is 0 Å². The summed E-state index contributed by atoms with van der Waals surface area (Å²) in [6, 6.07) is 0. The SMILES string of the molecule is C/C=C/C=C(\CCCl)C(N)=O. The number of alkyl halides is 1. The standard InChI is InChI=1S/C8H12ClNO/c1-2-3-4-7(5-6-9)8(10)11/h2-4H,5-6H2,1H3,(H2,10,11)/b3-2+,7-4+. The van der Waals surface area contributed by atoms with Gasteiger partial charge in [0.15, 0.2) is 0 Å².